The summed E-state index contributed by atoms with van der Waals surface area (Å²) in [6, 6.07) is 7.86. The molecule has 20 heavy (non-hydrogen) atoms. The number of rotatable bonds is 5. The van der Waals surface area contributed by atoms with Gasteiger partial charge in [0.2, 0.25) is 0 Å². The van der Waals surface area contributed by atoms with Gasteiger partial charge < -0.3 is 15.6 Å². The molecule has 1 aliphatic rings. The minimum atomic E-state index is -0.493. The third kappa shape index (κ3) is 4.04. The van der Waals surface area contributed by atoms with Crippen LogP contribution in [0, 0.1) is 0 Å². The van der Waals surface area contributed by atoms with Crippen LogP contribution in [0.5, 0.6) is 5.75 Å². The largest absolute Gasteiger partial charge is 0.489 e. The van der Waals surface area contributed by atoms with Crippen LogP contribution in [0.25, 0.3) is 0 Å². The van der Waals surface area contributed by atoms with Gasteiger partial charge >= 0.3 is 0 Å². The van der Waals surface area contributed by atoms with E-state index in [4.69, 9.17) is 10.5 Å². The number of nitrogens with two attached hydrogens (primary N) is 1. The number of hydrogen-bond donors (Lipinski definition) is 2. The fourth-order valence-corrected chi connectivity index (χ4v) is 3.54. The lowest BCUT2D eigenvalue weighted by Crippen LogP contribution is -2.48. The molecule has 2 rings (SSSR count). The predicted molar refractivity (Wildman–Crippen MR) is 85.3 cm³/mol. The van der Waals surface area contributed by atoms with Crippen LogP contribution in [-0.4, -0.2) is 52.9 Å². The van der Waals surface area contributed by atoms with E-state index in [9.17, 15) is 5.11 Å². The van der Waals surface area contributed by atoms with Crippen LogP contribution in [0.1, 0.15) is 13.8 Å². The first kappa shape index (κ1) is 15.5. The monoisotopic (exact) mass is 296 g/mol. The number of nitrogens with zero attached hydrogens (tertiary/aromatic N) is 1. The van der Waals surface area contributed by atoms with Gasteiger partial charge in [0.25, 0.3) is 0 Å². The van der Waals surface area contributed by atoms with Gasteiger partial charge in [-0.15, -0.1) is 0 Å². The van der Waals surface area contributed by atoms with Crippen molar-refractivity contribution in [2.24, 2.45) is 0 Å². The fraction of sp³-hybridized carbons (Fsp3) is 0.600. The highest BCUT2D eigenvalue weighted by atomic mass is 32.2. The molecule has 3 N–H and O–H groups in total. The van der Waals surface area contributed by atoms with E-state index in [1.54, 1.807) is 6.07 Å². The number of benzene rings is 1. The van der Waals surface area contributed by atoms with E-state index in [0.717, 1.165) is 12.3 Å². The summed E-state index contributed by atoms with van der Waals surface area (Å²) in [5, 5.41) is 10.8. The Morgan fingerprint density at radius 1 is 1.45 bits per heavy atom. The second-order valence-corrected chi connectivity index (χ2v) is 6.80. The lowest BCUT2D eigenvalue weighted by molar-refractivity contribution is 0.0563. The van der Waals surface area contributed by atoms with Gasteiger partial charge in [-0.1, -0.05) is 19.1 Å². The van der Waals surface area contributed by atoms with Gasteiger partial charge in [0.15, 0.2) is 0 Å². The summed E-state index contributed by atoms with van der Waals surface area (Å²) in [7, 11) is 0. The minimum Gasteiger partial charge on any atom is -0.489 e. The highest BCUT2D eigenvalue weighted by Gasteiger charge is 2.26. The summed E-state index contributed by atoms with van der Waals surface area (Å²) in [4.78, 5) is 2.34. The van der Waals surface area contributed by atoms with Crippen LogP contribution in [0.3, 0.4) is 0 Å². The number of β-amino-alcohol motifs (C(OH)–C–C–N with tert-alkyl or cyclic N) is 1. The molecule has 1 aliphatic heterocycles. The second kappa shape index (κ2) is 7.20. The van der Waals surface area contributed by atoms with Gasteiger partial charge in [0.1, 0.15) is 18.5 Å². The molecule has 3 unspecified atom stereocenters. The van der Waals surface area contributed by atoms with Crippen LogP contribution < -0.4 is 10.5 Å². The van der Waals surface area contributed by atoms with Crippen molar-refractivity contribution in [1.82, 2.24) is 4.90 Å². The summed E-state index contributed by atoms with van der Waals surface area (Å²) >= 11 is 2.00. The standard InChI is InChI=1S/C15H24N2O2S/c1-11-12(2)20-8-7-17(11)9-13(18)10-19-15-6-4-3-5-14(15)16/h3-6,11-13,18H,7-10,16H2,1-2H3. The lowest BCUT2D eigenvalue weighted by Gasteiger charge is -2.38. The molecule has 0 amide bonds. The SMILES string of the molecule is CC1SCCN(CC(O)COc2ccccc2N)C1C. The van der Waals surface area contributed by atoms with E-state index in [1.165, 1.54) is 0 Å². The molecule has 1 heterocycles. The Hall–Kier alpha value is -0.910. The molecule has 0 aliphatic carbocycles. The maximum atomic E-state index is 10.1. The number of aliphatic hydroxyl groups excluding tert-OH is 1. The van der Waals surface area contributed by atoms with E-state index in [-0.39, 0.29) is 6.61 Å². The average molecular weight is 296 g/mol. The van der Waals surface area contributed by atoms with Crippen molar-refractivity contribution in [2.75, 3.05) is 31.2 Å². The Bertz CT molecular complexity index is 430. The van der Waals surface area contributed by atoms with Crippen LogP contribution in [0.4, 0.5) is 5.69 Å². The molecule has 0 saturated carbocycles. The van der Waals surface area contributed by atoms with Crippen LogP contribution in [0.2, 0.25) is 0 Å². The zero-order valence-corrected chi connectivity index (χ0v) is 13.0. The Morgan fingerprint density at radius 2 is 2.20 bits per heavy atom. The molecule has 112 valence electrons. The van der Waals surface area contributed by atoms with Crippen LogP contribution in [-0.2, 0) is 0 Å². The zero-order valence-electron chi connectivity index (χ0n) is 12.2. The maximum absolute atomic E-state index is 10.1. The molecule has 5 heteroatoms. The highest BCUT2D eigenvalue weighted by Crippen LogP contribution is 2.24. The number of aliphatic hydroxyl groups is 1. The normalized spacial score (nSPS) is 25.4. The third-order valence-electron chi connectivity index (χ3n) is 3.81. The van der Waals surface area contributed by atoms with Gasteiger partial charge in [0.05, 0.1) is 5.69 Å². The molecule has 3 atom stereocenters. The molecule has 1 aromatic rings. The minimum absolute atomic E-state index is 0.277. The Kier molecular flexibility index (Phi) is 5.57. The van der Waals surface area contributed by atoms with Crippen LogP contribution >= 0.6 is 11.8 Å². The molecular weight excluding hydrogens is 272 g/mol. The van der Waals surface area contributed by atoms with E-state index < -0.39 is 6.10 Å². The van der Waals surface area contributed by atoms with E-state index in [2.05, 4.69) is 18.7 Å². The number of nitrogen functional groups attached to an aromatic ring is 1. The first-order valence-electron chi connectivity index (χ1n) is 7.09. The fourth-order valence-electron chi connectivity index (χ4n) is 2.37. The van der Waals surface area contributed by atoms with Crippen molar-refractivity contribution in [3.8, 4) is 5.75 Å². The third-order valence-corrected chi connectivity index (χ3v) is 5.15. The van der Waals surface area contributed by atoms with Gasteiger partial charge in [-0.25, -0.2) is 0 Å². The molecule has 0 aromatic heterocycles. The summed E-state index contributed by atoms with van der Waals surface area (Å²) in [5.74, 6) is 1.77. The number of anilines is 1. The Balaban J connectivity index is 1.80. The Labute approximate surface area is 125 Å². The van der Waals surface area contributed by atoms with E-state index in [0.29, 0.717) is 29.3 Å². The number of ether oxygens (including phenoxy) is 1. The van der Waals surface area contributed by atoms with Crippen molar-refractivity contribution >= 4 is 17.4 Å². The van der Waals surface area contributed by atoms with Gasteiger partial charge in [-0.3, -0.25) is 4.90 Å². The highest BCUT2D eigenvalue weighted by molar-refractivity contribution is 8.00. The first-order valence-corrected chi connectivity index (χ1v) is 8.14. The van der Waals surface area contributed by atoms with Crippen molar-refractivity contribution in [3.63, 3.8) is 0 Å². The van der Waals surface area contributed by atoms with Crippen molar-refractivity contribution in [2.45, 2.75) is 31.2 Å². The smallest absolute Gasteiger partial charge is 0.142 e. The molecule has 0 bridgehead atoms. The predicted octanol–water partition coefficient (Wildman–Crippen LogP) is 1.83. The van der Waals surface area contributed by atoms with Crippen molar-refractivity contribution in [1.29, 1.82) is 0 Å². The molecular formula is C15H24N2O2S. The summed E-state index contributed by atoms with van der Waals surface area (Å²) in [6.45, 7) is 6.42. The summed E-state index contributed by atoms with van der Waals surface area (Å²) in [6.07, 6.45) is -0.493. The van der Waals surface area contributed by atoms with Crippen molar-refractivity contribution in [3.05, 3.63) is 24.3 Å². The molecule has 0 spiro atoms. The van der Waals surface area contributed by atoms with Crippen molar-refractivity contribution < 1.29 is 9.84 Å². The Morgan fingerprint density at radius 3 is 2.95 bits per heavy atom. The quantitative estimate of drug-likeness (QED) is 0.812. The summed E-state index contributed by atoms with van der Waals surface area (Å²) < 4.78 is 5.60. The molecule has 1 aromatic carbocycles. The first-order chi connectivity index (χ1) is 9.58. The van der Waals surface area contributed by atoms with Gasteiger partial charge in [-0.2, -0.15) is 11.8 Å². The maximum Gasteiger partial charge on any atom is 0.142 e. The number of thioether (sulfide) groups is 1. The van der Waals surface area contributed by atoms with Gasteiger partial charge in [0, 0.05) is 30.1 Å². The van der Waals surface area contributed by atoms with Crippen LogP contribution in [0.15, 0.2) is 24.3 Å². The topological polar surface area (TPSA) is 58.7 Å². The zero-order chi connectivity index (χ0) is 14.5. The van der Waals surface area contributed by atoms with E-state index in [1.807, 2.05) is 30.0 Å². The second-order valence-electron chi connectivity index (χ2n) is 5.31. The van der Waals surface area contributed by atoms with E-state index >= 15 is 0 Å². The lowest BCUT2D eigenvalue weighted by atomic mass is 10.2. The molecule has 1 saturated heterocycles. The number of hydrogen-bond acceptors (Lipinski definition) is 5. The van der Waals surface area contributed by atoms with Gasteiger partial charge in [-0.05, 0) is 19.1 Å². The molecule has 0 radical (unpaired) electrons. The number of para-hydroxylation sites is 2. The molecule has 1 fully saturated rings. The molecule has 4 nitrogen and oxygen atoms in total. The summed E-state index contributed by atoms with van der Waals surface area (Å²) in [5.41, 5.74) is 6.42. The average Bonchev–Trinajstić information content (AvgIpc) is 2.43.